The van der Waals surface area contributed by atoms with Crippen LogP contribution in [0.15, 0.2) is 40.9 Å². The summed E-state index contributed by atoms with van der Waals surface area (Å²) in [7, 11) is 0. The van der Waals surface area contributed by atoms with Crippen LogP contribution in [0.4, 0.5) is 0 Å². The van der Waals surface area contributed by atoms with E-state index in [1.807, 2.05) is 23.6 Å². The zero-order chi connectivity index (χ0) is 11.4. The number of carbonyl (C=O) groups is 1. The number of thioether (sulfide) groups is 1. The van der Waals surface area contributed by atoms with E-state index in [4.69, 9.17) is 5.11 Å². The molecule has 1 N–H and O–H groups in total. The molecule has 2 aromatic rings. The first-order chi connectivity index (χ1) is 7.77. The van der Waals surface area contributed by atoms with E-state index >= 15 is 0 Å². The number of pyridine rings is 1. The van der Waals surface area contributed by atoms with Gasteiger partial charge in [-0.3, -0.25) is 4.98 Å². The molecule has 0 amide bonds. The quantitative estimate of drug-likeness (QED) is 0.848. The monoisotopic (exact) mass is 251 g/mol. The Morgan fingerprint density at radius 3 is 2.81 bits per heavy atom. The van der Waals surface area contributed by atoms with Gasteiger partial charge in [0.25, 0.3) is 0 Å². The first kappa shape index (κ1) is 11.2. The van der Waals surface area contributed by atoms with Crippen molar-refractivity contribution in [2.45, 2.75) is 10.6 Å². The molecule has 2 rings (SSSR count). The second-order valence-corrected chi connectivity index (χ2v) is 5.02. The van der Waals surface area contributed by atoms with Crippen molar-refractivity contribution in [3.8, 4) is 0 Å². The van der Waals surface area contributed by atoms with Gasteiger partial charge in [-0.05, 0) is 29.1 Å². The Morgan fingerprint density at radius 2 is 2.12 bits per heavy atom. The number of hydrogen-bond acceptors (Lipinski definition) is 4. The number of rotatable bonds is 4. The summed E-state index contributed by atoms with van der Waals surface area (Å²) in [5.41, 5.74) is 0.874. The molecule has 0 bridgehead atoms. The largest absolute Gasteiger partial charge is 0.477 e. The molecule has 0 saturated carbocycles. The third-order valence-electron chi connectivity index (χ3n) is 1.99. The molecule has 5 heteroatoms. The lowest BCUT2D eigenvalue weighted by Gasteiger charge is -2.00. The van der Waals surface area contributed by atoms with Crippen LogP contribution >= 0.6 is 23.1 Å². The van der Waals surface area contributed by atoms with E-state index in [1.165, 1.54) is 11.3 Å². The molecule has 0 aliphatic carbocycles. The molecule has 0 spiro atoms. The van der Waals surface area contributed by atoms with Crippen LogP contribution in [0.3, 0.4) is 0 Å². The summed E-state index contributed by atoms with van der Waals surface area (Å²) in [5.74, 6) is -0.171. The highest BCUT2D eigenvalue weighted by atomic mass is 32.2. The third-order valence-corrected chi connectivity index (χ3v) is 3.99. The summed E-state index contributed by atoms with van der Waals surface area (Å²) in [6, 6.07) is 5.69. The van der Waals surface area contributed by atoms with Crippen LogP contribution in [-0.2, 0) is 5.75 Å². The van der Waals surface area contributed by atoms with Crippen molar-refractivity contribution in [2.75, 3.05) is 0 Å². The third kappa shape index (κ3) is 2.62. The van der Waals surface area contributed by atoms with Crippen LogP contribution in [0.2, 0.25) is 0 Å². The normalized spacial score (nSPS) is 10.2. The van der Waals surface area contributed by atoms with Crippen LogP contribution in [0.25, 0.3) is 0 Å². The molecule has 0 atom stereocenters. The lowest BCUT2D eigenvalue weighted by atomic mass is 10.3. The summed E-state index contributed by atoms with van der Waals surface area (Å²) in [6.45, 7) is 0. The molecule has 0 unspecified atom stereocenters. The molecule has 0 aliphatic rings. The standard InChI is InChI=1S/C11H9NO2S2/c13-11(14)10-8(3-6-15-10)7-16-9-1-4-12-5-2-9/h1-6H,7H2,(H,13,14). The van der Waals surface area contributed by atoms with Gasteiger partial charge in [0.05, 0.1) is 0 Å². The lowest BCUT2D eigenvalue weighted by Crippen LogP contribution is -1.96. The number of hydrogen-bond donors (Lipinski definition) is 1. The van der Waals surface area contributed by atoms with E-state index in [0.717, 1.165) is 10.5 Å². The number of thiophene rings is 1. The van der Waals surface area contributed by atoms with Gasteiger partial charge < -0.3 is 5.11 Å². The SMILES string of the molecule is O=C(O)c1sccc1CSc1ccncc1. The Bertz CT molecular complexity index is 482. The van der Waals surface area contributed by atoms with Gasteiger partial charge in [0.15, 0.2) is 0 Å². The number of aromatic carboxylic acids is 1. The van der Waals surface area contributed by atoms with Gasteiger partial charge >= 0.3 is 5.97 Å². The molecule has 3 nitrogen and oxygen atoms in total. The van der Waals surface area contributed by atoms with E-state index in [9.17, 15) is 4.79 Å². The van der Waals surface area contributed by atoms with Gasteiger partial charge in [-0.25, -0.2) is 4.79 Å². The Labute approximate surface area is 101 Å². The fourth-order valence-electron chi connectivity index (χ4n) is 1.23. The molecule has 0 aromatic carbocycles. The Morgan fingerprint density at radius 1 is 1.38 bits per heavy atom. The minimum atomic E-state index is -0.847. The maximum Gasteiger partial charge on any atom is 0.346 e. The topological polar surface area (TPSA) is 50.2 Å². The highest BCUT2D eigenvalue weighted by Crippen LogP contribution is 2.26. The molecule has 0 saturated heterocycles. The van der Waals surface area contributed by atoms with E-state index in [2.05, 4.69) is 4.98 Å². The smallest absolute Gasteiger partial charge is 0.346 e. The van der Waals surface area contributed by atoms with Gasteiger partial charge in [-0.2, -0.15) is 0 Å². The van der Waals surface area contributed by atoms with Crippen molar-refractivity contribution >= 4 is 29.1 Å². The fraction of sp³-hybridized carbons (Fsp3) is 0.0909. The van der Waals surface area contributed by atoms with Gasteiger partial charge in [0.2, 0.25) is 0 Å². The first-order valence-electron chi connectivity index (χ1n) is 4.60. The molecule has 0 aliphatic heterocycles. The zero-order valence-corrected chi connectivity index (χ0v) is 9.92. The highest BCUT2D eigenvalue weighted by Gasteiger charge is 2.11. The van der Waals surface area contributed by atoms with Crippen molar-refractivity contribution in [2.24, 2.45) is 0 Å². The minimum Gasteiger partial charge on any atom is -0.477 e. The van der Waals surface area contributed by atoms with Crippen molar-refractivity contribution in [1.29, 1.82) is 0 Å². The van der Waals surface area contributed by atoms with Gasteiger partial charge in [-0.15, -0.1) is 23.1 Å². The first-order valence-corrected chi connectivity index (χ1v) is 6.46. The minimum absolute atomic E-state index is 0.432. The summed E-state index contributed by atoms with van der Waals surface area (Å²) < 4.78 is 0. The van der Waals surface area contributed by atoms with Gasteiger partial charge in [0, 0.05) is 23.0 Å². The molecule has 0 fully saturated rings. The molecule has 16 heavy (non-hydrogen) atoms. The van der Waals surface area contributed by atoms with Crippen LogP contribution in [0, 0.1) is 0 Å². The molecule has 82 valence electrons. The van der Waals surface area contributed by atoms with Crippen LogP contribution in [-0.4, -0.2) is 16.1 Å². The lowest BCUT2D eigenvalue weighted by molar-refractivity contribution is 0.0701. The van der Waals surface area contributed by atoms with Crippen LogP contribution in [0.5, 0.6) is 0 Å². The zero-order valence-electron chi connectivity index (χ0n) is 8.29. The Hall–Kier alpha value is -1.33. The Kier molecular flexibility index (Phi) is 3.58. The predicted molar refractivity (Wildman–Crippen MR) is 65.1 cm³/mol. The number of aromatic nitrogens is 1. The summed E-state index contributed by atoms with van der Waals surface area (Å²) in [5, 5.41) is 10.8. The highest BCUT2D eigenvalue weighted by molar-refractivity contribution is 7.98. The van der Waals surface area contributed by atoms with Crippen LogP contribution < -0.4 is 0 Å². The number of nitrogens with zero attached hydrogens (tertiary/aromatic N) is 1. The maximum atomic E-state index is 10.9. The van der Waals surface area contributed by atoms with Gasteiger partial charge in [0.1, 0.15) is 4.88 Å². The van der Waals surface area contributed by atoms with Crippen molar-refractivity contribution in [1.82, 2.24) is 4.98 Å². The number of carboxylic acids is 1. The molecular weight excluding hydrogens is 242 g/mol. The average molecular weight is 251 g/mol. The maximum absolute atomic E-state index is 10.9. The van der Waals surface area contributed by atoms with Crippen molar-refractivity contribution < 1.29 is 9.90 Å². The van der Waals surface area contributed by atoms with Crippen LogP contribution in [0.1, 0.15) is 15.2 Å². The summed E-state index contributed by atoms with van der Waals surface area (Å²) in [6.07, 6.45) is 3.46. The van der Waals surface area contributed by atoms with E-state index in [1.54, 1.807) is 24.2 Å². The van der Waals surface area contributed by atoms with E-state index in [-0.39, 0.29) is 0 Å². The predicted octanol–water partition coefficient (Wildman–Crippen LogP) is 3.13. The Balaban J connectivity index is 2.05. The average Bonchev–Trinajstić information content (AvgIpc) is 2.76. The fourth-order valence-corrected chi connectivity index (χ4v) is 2.96. The summed E-state index contributed by atoms with van der Waals surface area (Å²) >= 11 is 2.88. The molecule has 0 radical (unpaired) electrons. The number of carboxylic acid groups (broad SMARTS) is 1. The molecule has 2 aromatic heterocycles. The van der Waals surface area contributed by atoms with E-state index in [0.29, 0.717) is 10.6 Å². The van der Waals surface area contributed by atoms with Crippen molar-refractivity contribution in [3.05, 3.63) is 46.4 Å². The summed E-state index contributed by atoms with van der Waals surface area (Å²) in [4.78, 5) is 16.3. The molecular formula is C11H9NO2S2. The van der Waals surface area contributed by atoms with Crippen molar-refractivity contribution in [3.63, 3.8) is 0 Å². The van der Waals surface area contributed by atoms with Gasteiger partial charge in [-0.1, -0.05) is 0 Å². The van der Waals surface area contributed by atoms with E-state index < -0.39 is 5.97 Å². The second kappa shape index (κ2) is 5.14. The molecule has 2 heterocycles. The second-order valence-electron chi connectivity index (χ2n) is 3.05.